The van der Waals surface area contributed by atoms with Gasteiger partial charge in [0.25, 0.3) is 5.91 Å². The molecule has 0 atom stereocenters. The van der Waals surface area contributed by atoms with Crippen LogP contribution in [0.5, 0.6) is 11.5 Å². The molecule has 0 aliphatic rings. The zero-order valence-electron chi connectivity index (χ0n) is 14.2. The van der Waals surface area contributed by atoms with Crippen molar-refractivity contribution in [3.05, 3.63) is 58.6 Å². The van der Waals surface area contributed by atoms with Gasteiger partial charge in [-0.25, -0.2) is 4.79 Å². The molecule has 0 aromatic heterocycles. The van der Waals surface area contributed by atoms with Crippen LogP contribution in [0.25, 0.3) is 6.08 Å². The maximum absolute atomic E-state index is 12.3. The Balaban J connectivity index is 2.17. The molecule has 7 nitrogen and oxygen atoms in total. The molecule has 0 bridgehead atoms. The molecule has 0 saturated carbocycles. The molecule has 0 unspecified atom stereocenters. The van der Waals surface area contributed by atoms with Crippen LogP contribution in [-0.4, -0.2) is 30.7 Å². The summed E-state index contributed by atoms with van der Waals surface area (Å²) in [5.41, 5.74) is 0.837. The number of hydrogen-bond donors (Lipinski definition) is 2. The Morgan fingerprint density at radius 1 is 1.30 bits per heavy atom. The smallest absolute Gasteiger partial charge is 0.341 e. The topological polar surface area (TPSA) is 109 Å². The van der Waals surface area contributed by atoms with Crippen LogP contribution < -0.4 is 14.8 Å². The summed E-state index contributed by atoms with van der Waals surface area (Å²) < 4.78 is 10.1. The Morgan fingerprint density at radius 2 is 2.07 bits per heavy atom. The van der Waals surface area contributed by atoms with E-state index in [-0.39, 0.29) is 16.3 Å². The van der Waals surface area contributed by atoms with Crippen LogP contribution in [0.2, 0.25) is 5.02 Å². The first-order valence-corrected chi connectivity index (χ1v) is 8.02. The number of methoxy groups -OCH3 is 1. The van der Waals surface area contributed by atoms with E-state index in [0.717, 1.165) is 0 Å². The summed E-state index contributed by atoms with van der Waals surface area (Å²) in [5.74, 6) is -0.960. The van der Waals surface area contributed by atoms with Gasteiger partial charge in [0.05, 0.1) is 12.1 Å². The summed E-state index contributed by atoms with van der Waals surface area (Å²) in [6, 6.07) is 13.1. The van der Waals surface area contributed by atoms with Gasteiger partial charge in [-0.15, -0.1) is 0 Å². The number of aliphatic carboxylic acids is 1. The van der Waals surface area contributed by atoms with Crippen LogP contribution in [0.15, 0.2) is 48.0 Å². The number of nitriles is 1. The van der Waals surface area contributed by atoms with Gasteiger partial charge in [0.2, 0.25) is 0 Å². The number of hydrogen-bond acceptors (Lipinski definition) is 5. The third kappa shape index (κ3) is 5.76. The van der Waals surface area contributed by atoms with E-state index in [1.54, 1.807) is 30.3 Å². The molecule has 0 fully saturated rings. The van der Waals surface area contributed by atoms with Gasteiger partial charge < -0.3 is 19.9 Å². The molecule has 2 aromatic rings. The summed E-state index contributed by atoms with van der Waals surface area (Å²) in [4.78, 5) is 22.8. The van der Waals surface area contributed by atoms with Gasteiger partial charge in [-0.2, -0.15) is 5.26 Å². The number of halogens is 1. The largest absolute Gasteiger partial charge is 0.497 e. The standard InChI is InChI=1S/C19H15ClN2O5/c1-26-15-4-2-3-14(9-15)22-19(25)13(10-21)7-12-5-6-17(16(20)8-12)27-11-18(23)24/h2-9H,11H2,1H3,(H,22,25)(H,23,24)/b13-7-. The highest BCUT2D eigenvalue weighted by atomic mass is 35.5. The van der Waals surface area contributed by atoms with E-state index < -0.39 is 18.5 Å². The van der Waals surface area contributed by atoms with Crippen LogP contribution in [-0.2, 0) is 9.59 Å². The number of carboxylic acid groups (broad SMARTS) is 1. The summed E-state index contributed by atoms with van der Waals surface area (Å²) in [6.07, 6.45) is 1.36. The highest BCUT2D eigenvalue weighted by Crippen LogP contribution is 2.26. The third-order valence-corrected chi connectivity index (χ3v) is 3.61. The van der Waals surface area contributed by atoms with Crippen molar-refractivity contribution in [2.75, 3.05) is 19.0 Å². The number of nitrogens with zero attached hydrogens (tertiary/aromatic N) is 1. The van der Waals surface area contributed by atoms with Gasteiger partial charge in [-0.3, -0.25) is 4.79 Å². The van der Waals surface area contributed by atoms with Gasteiger partial charge >= 0.3 is 5.97 Å². The van der Waals surface area contributed by atoms with Crippen LogP contribution in [0, 0.1) is 11.3 Å². The molecular weight excluding hydrogens is 372 g/mol. The number of ether oxygens (including phenoxy) is 2. The maximum Gasteiger partial charge on any atom is 0.341 e. The van der Waals surface area contributed by atoms with E-state index in [1.807, 2.05) is 6.07 Å². The number of carbonyl (C=O) groups is 2. The van der Waals surface area contributed by atoms with Crippen molar-refractivity contribution in [3.63, 3.8) is 0 Å². The fourth-order valence-corrected chi connectivity index (χ4v) is 2.32. The normalized spacial score (nSPS) is 10.6. The zero-order valence-corrected chi connectivity index (χ0v) is 15.0. The highest BCUT2D eigenvalue weighted by Gasteiger charge is 2.11. The van der Waals surface area contributed by atoms with Gasteiger partial charge in [0, 0.05) is 11.8 Å². The van der Waals surface area contributed by atoms with E-state index in [1.165, 1.54) is 25.3 Å². The summed E-state index contributed by atoms with van der Waals surface area (Å²) in [6.45, 7) is -0.526. The van der Waals surface area contributed by atoms with Gasteiger partial charge in [-0.1, -0.05) is 23.7 Å². The van der Waals surface area contributed by atoms with Crippen LogP contribution in [0.4, 0.5) is 5.69 Å². The first-order valence-electron chi connectivity index (χ1n) is 7.64. The number of amides is 1. The van der Waals surface area contributed by atoms with Crippen molar-refractivity contribution in [1.29, 1.82) is 5.26 Å². The molecule has 0 saturated heterocycles. The van der Waals surface area contributed by atoms with E-state index in [0.29, 0.717) is 17.0 Å². The summed E-state index contributed by atoms with van der Waals surface area (Å²) in [7, 11) is 1.51. The maximum atomic E-state index is 12.3. The van der Waals surface area contributed by atoms with E-state index >= 15 is 0 Å². The van der Waals surface area contributed by atoms with Crippen LogP contribution in [0.3, 0.4) is 0 Å². The number of carboxylic acids is 1. The average molecular weight is 387 g/mol. The SMILES string of the molecule is COc1cccc(NC(=O)/C(C#N)=C\c2ccc(OCC(=O)O)c(Cl)c2)c1. The van der Waals surface area contributed by atoms with Gasteiger partial charge in [0.15, 0.2) is 6.61 Å². The molecule has 0 spiro atoms. The second-order valence-electron chi connectivity index (χ2n) is 5.23. The predicted octanol–water partition coefficient (Wildman–Crippen LogP) is 3.36. The lowest BCUT2D eigenvalue weighted by molar-refractivity contribution is -0.139. The number of carbonyl (C=O) groups excluding carboxylic acids is 1. The molecular formula is C19H15ClN2O5. The Bertz CT molecular complexity index is 934. The van der Waals surface area contributed by atoms with Crippen molar-refractivity contribution in [1.82, 2.24) is 0 Å². The van der Waals surface area contributed by atoms with Crippen LogP contribution >= 0.6 is 11.6 Å². The molecule has 2 N–H and O–H groups in total. The van der Waals surface area contributed by atoms with Crippen LogP contribution in [0.1, 0.15) is 5.56 Å². The monoisotopic (exact) mass is 386 g/mol. The molecule has 8 heteroatoms. The quantitative estimate of drug-likeness (QED) is 0.558. The Morgan fingerprint density at radius 3 is 2.70 bits per heavy atom. The van der Waals surface area contributed by atoms with Crippen molar-refractivity contribution in [2.45, 2.75) is 0 Å². The Kier molecular flexibility index (Phi) is 6.80. The third-order valence-electron chi connectivity index (χ3n) is 3.31. The fraction of sp³-hybridized carbons (Fsp3) is 0.105. The molecule has 2 aromatic carbocycles. The number of rotatable bonds is 7. The number of benzene rings is 2. The minimum atomic E-state index is -1.13. The molecule has 1 amide bonds. The predicted molar refractivity (Wildman–Crippen MR) is 99.8 cm³/mol. The lowest BCUT2D eigenvalue weighted by Crippen LogP contribution is -2.13. The van der Waals surface area contributed by atoms with Crippen molar-refractivity contribution in [3.8, 4) is 17.6 Å². The van der Waals surface area contributed by atoms with E-state index in [9.17, 15) is 14.9 Å². The summed E-state index contributed by atoms with van der Waals surface area (Å²) in [5, 5.41) is 20.7. The van der Waals surface area contributed by atoms with E-state index in [4.69, 9.17) is 26.2 Å². The fourth-order valence-electron chi connectivity index (χ4n) is 2.08. The lowest BCUT2D eigenvalue weighted by atomic mass is 10.1. The molecule has 0 aliphatic carbocycles. The Labute approximate surface area is 160 Å². The zero-order chi connectivity index (χ0) is 19.8. The highest BCUT2D eigenvalue weighted by molar-refractivity contribution is 6.32. The first kappa shape index (κ1) is 19.8. The minimum Gasteiger partial charge on any atom is -0.497 e. The number of anilines is 1. The molecule has 138 valence electrons. The van der Waals surface area contributed by atoms with Gasteiger partial charge in [0.1, 0.15) is 23.1 Å². The van der Waals surface area contributed by atoms with Crippen molar-refractivity contribution in [2.24, 2.45) is 0 Å². The van der Waals surface area contributed by atoms with Crippen molar-refractivity contribution < 1.29 is 24.2 Å². The van der Waals surface area contributed by atoms with Crippen molar-refractivity contribution >= 4 is 35.2 Å². The Hall–Kier alpha value is -3.50. The number of nitrogens with one attached hydrogen (secondary N) is 1. The second-order valence-corrected chi connectivity index (χ2v) is 5.64. The molecule has 2 rings (SSSR count). The molecule has 27 heavy (non-hydrogen) atoms. The molecule has 0 radical (unpaired) electrons. The molecule has 0 aliphatic heterocycles. The molecule has 0 heterocycles. The average Bonchev–Trinajstić information content (AvgIpc) is 2.65. The van der Waals surface area contributed by atoms with Gasteiger partial charge in [-0.05, 0) is 35.9 Å². The second kappa shape index (κ2) is 9.27. The first-order chi connectivity index (χ1) is 12.9. The summed E-state index contributed by atoms with van der Waals surface area (Å²) >= 11 is 6.04. The van der Waals surface area contributed by atoms with E-state index in [2.05, 4.69) is 5.32 Å². The minimum absolute atomic E-state index is 0.131. The lowest BCUT2D eigenvalue weighted by Gasteiger charge is -2.07.